The van der Waals surface area contributed by atoms with E-state index in [2.05, 4.69) is 21.5 Å². The van der Waals surface area contributed by atoms with Gasteiger partial charge >= 0.3 is 12.1 Å². The lowest BCUT2D eigenvalue weighted by molar-refractivity contribution is -0.143. The van der Waals surface area contributed by atoms with Gasteiger partial charge in [-0.2, -0.15) is 13.2 Å². The number of nitrogens with zero attached hydrogens (tertiary/aromatic N) is 1. The monoisotopic (exact) mass is 593 g/mol. The summed E-state index contributed by atoms with van der Waals surface area (Å²) in [4.78, 5) is 13.6. The molecule has 0 radical (unpaired) electrons. The van der Waals surface area contributed by atoms with E-state index in [-0.39, 0.29) is 19.3 Å². The van der Waals surface area contributed by atoms with Gasteiger partial charge in [0.15, 0.2) is 6.61 Å². The average Bonchev–Trinajstić information content (AvgIpc) is 3.00. The first kappa shape index (κ1) is 31.7. The third kappa shape index (κ3) is 9.37. The fraction of sp³-hybridized carbons (Fsp3) is 0.324. The Morgan fingerprint density at radius 3 is 2.26 bits per heavy atom. The van der Waals surface area contributed by atoms with E-state index in [1.165, 1.54) is 19.2 Å². The van der Waals surface area contributed by atoms with Crippen molar-refractivity contribution in [3.63, 3.8) is 0 Å². The molecule has 6 nitrogen and oxygen atoms in total. The third-order valence-corrected chi connectivity index (χ3v) is 7.07. The van der Waals surface area contributed by atoms with Crippen molar-refractivity contribution in [2.45, 2.75) is 32.0 Å². The highest BCUT2D eigenvalue weighted by atomic mass is 19.4. The number of likely N-dealkylation sites (tertiary alicyclic amines) is 1. The summed E-state index contributed by atoms with van der Waals surface area (Å²) >= 11 is 0. The zero-order valence-electron chi connectivity index (χ0n) is 24.1. The molecule has 0 spiro atoms. The van der Waals surface area contributed by atoms with Gasteiger partial charge in [0, 0.05) is 18.7 Å². The highest BCUT2D eigenvalue weighted by molar-refractivity contribution is 5.80. The first-order valence-electron chi connectivity index (χ1n) is 13.9. The van der Waals surface area contributed by atoms with Crippen molar-refractivity contribution in [3.8, 4) is 23.3 Å². The predicted molar refractivity (Wildman–Crippen MR) is 158 cm³/mol. The first-order valence-corrected chi connectivity index (χ1v) is 13.9. The van der Waals surface area contributed by atoms with Crippen LogP contribution in [-0.2, 0) is 15.7 Å². The lowest BCUT2D eigenvalue weighted by Crippen LogP contribution is -2.35. The molecule has 1 aliphatic heterocycles. The van der Waals surface area contributed by atoms with Crippen molar-refractivity contribution in [2.24, 2.45) is 0 Å². The maximum absolute atomic E-state index is 13.2. The number of rotatable bonds is 9. The number of carbonyl (C=O) groups excluding carboxylic acids is 1. The minimum Gasteiger partial charge on any atom is -0.489 e. The topological polar surface area (TPSA) is 68.2 Å². The van der Waals surface area contributed by atoms with Gasteiger partial charge < -0.3 is 19.3 Å². The molecular weight excluding hydrogens is 559 g/mol. The van der Waals surface area contributed by atoms with E-state index in [0.717, 1.165) is 60.3 Å². The lowest BCUT2D eigenvalue weighted by Gasteiger charge is -2.27. The average molecular weight is 594 g/mol. The Morgan fingerprint density at radius 2 is 1.65 bits per heavy atom. The Morgan fingerprint density at radius 1 is 1.00 bits per heavy atom. The largest absolute Gasteiger partial charge is 0.489 e. The molecule has 226 valence electrons. The van der Waals surface area contributed by atoms with E-state index in [0.29, 0.717) is 23.6 Å². The molecular formula is C34H34F3NO5. The standard InChI is InChI=1S/C34H34F3NO5/c1-24-22-30(13-14-32(24)43-23-33(40)41-2)42-21-17-31(27-9-11-28(12-10-27)34(35,36)37)26-7-5-25(6-8-26)4-3-18-38-19-15-29(39)16-20-38/h5-14,17,22,29,39H,15-16,18-21,23H2,1-2H3. The maximum atomic E-state index is 13.2. The highest BCUT2D eigenvalue weighted by Gasteiger charge is 2.30. The minimum absolute atomic E-state index is 0.157. The summed E-state index contributed by atoms with van der Waals surface area (Å²) in [5, 5.41) is 9.66. The van der Waals surface area contributed by atoms with Crippen molar-refractivity contribution >= 4 is 11.5 Å². The number of alkyl halides is 3. The Balaban J connectivity index is 1.49. The molecule has 1 aliphatic rings. The van der Waals surface area contributed by atoms with Crippen LogP contribution >= 0.6 is 0 Å². The van der Waals surface area contributed by atoms with Gasteiger partial charge in [0.05, 0.1) is 25.3 Å². The maximum Gasteiger partial charge on any atom is 0.416 e. The van der Waals surface area contributed by atoms with Crippen LogP contribution in [-0.4, -0.2) is 62.0 Å². The molecule has 0 aliphatic carbocycles. The summed E-state index contributed by atoms with van der Waals surface area (Å²) in [6.07, 6.45) is -1.31. The van der Waals surface area contributed by atoms with Crippen molar-refractivity contribution in [1.29, 1.82) is 0 Å². The van der Waals surface area contributed by atoms with Crippen molar-refractivity contribution in [2.75, 3.05) is 40.0 Å². The van der Waals surface area contributed by atoms with Crippen LogP contribution < -0.4 is 9.47 Å². The Labute approximate surface area is 249 Å². The number of hydrogen-bond donors (Lipinski definition) is 1. The number of hydrogen-bond acceptors (Lipinski definition) is 6. The molecule has 1 saturated heterocycles. The van der Waals surface area contributed by atoms with Gasteiger partial charge in [-0.3, -0.25) is 4.90 Å². The second kappa shape index (κ2) is 14.8. The van der Waals surface area contributed by atoms with E-state index in [1.807, 2.05) is 37.3 Å². The van der Waals surface area contributed by atoms with Gasteiger partial charge in [-0.1, -0.05) is 36.1 Å². The number of aliphatic hydroxyl groups excluding tert-OH is 1. The summed E-state index contributed by atoms with van der Waals surface area (Å²) < 4.78 is 55.6. The second-order valence-corrected chi connectivity index (χ2v) is 10.2. The molecule has 3 aromatic rings. The number of aryl methyl sites for hydroxylation is 1. The molecule has 0 atom stereocenters. The quantitative estimate of drug-likeness (QED) is 0.247. The second-order valence-electron chi connectivity index (χ2n) is 10.2. The molecule has 1 fully saturated rings. The highest BCUT2D eigenvalue weighted by Crippen LogP contribution is 2.32. The summed E-state index contributed by atoms with van der Waals surface area (Å²) in [6.45, 7) is 4.05. The van der Waals surface area contributed by atoms with Gasteiger partial charge in [0.2, 0.25) is 0 Å². The predicted octanol–water partition coefficient (Wildman–Crippen LogP) is 5.88. The SMILES string of the molecule is COC(=O)COc1ccc(OCC=C(c2ccc(C#CCN3CCC(O)CC3)cc2)c2ccc(C(F)(F)F)cc2)cc1C. The van der Waals surface area contributed by atoms with Crippen LogP contribution in [0, 0.1) is 18.8 Å². The Kier molecular flexibility index (Phi) is 10.9. The summed E-state index contributed by atoms with van der Waals surface area (Å²) in [5.41, 5.74) is 3.02. The summed E-state index contributed by atoms with van der Waals surface area (Å²) in [5.74, 6) is 6.96. The van der Waals surface area contributed by atoms with Crippen LogP contribution in [0.5, 0.6) is 11.5 Å². The molecule has 4 rings (SSSR count). The fourth-order valence-electron chi connectivity index (χ4n) is 4.60. The van der Waals surface area contributed by atoms with Gasteiger partial charge in [-0.25, -0.2) is 4.79 Å². The molecule has 0 saturated carbocycles. The van der Waals surface area contributed by atoms with Crippen LogP contribution in [0.4, 0.5) is 13.2 Å². The Hall–Kier alpha value is -4.26. The van der Waals surface area contributed by atoms with Gasteiger partial charge in [0.25, 0.3) is 0 Å². The molecule has 3 aromatic carbocycles. The normalized spacial score (nSPS) is 14.5. The van der Waals surface area contributed by atoms with E-state index in [9.17, 15) is 23.1 Å². The molecule has 0 amide bonds. The van der Waals surface area contributed by atoms with E-state index >= 15 is 0 Å². The molecule has 1 heterocycles. The van der Waals surface area contributed by atoms with Crippen LogP contribution in [0.3, 0.4) is 0 Å². The summed E-state index contributed by atoms with van der Waals surface area (Å²) in [7, 11) is 1.29. The molecule has 1 N–H and O–H groups in total. The Bertz CT molecular complexity index is 1460. The minimum atomic E-state index is -4.43. The number of ether oxygens (including phenoxy) is 3. The summed E-state index contributed by atoms with van der Waals surface area (Å²) in [6, 6.07) is 17.8. The number of carbonyl (C=O) groups is 1. The smallest absolute Gasteiger partial charge is 0.416 e. The van der Waals surface area contributed by atoms with Gasteiger partial charge in [-0.05, 0) is 90.6 Å². The lowest BCUT2D eigenvalue weighted by atomic mass is 9.96. The number of esters is 1. The molecule has 0 bridgehead atoms. The number of piperidine rings is 1. The zero-order chi connectivity index (χ0) is 30.8. The third-order valence-electron chi connectivity index (χ3n) is 7.07. The van der Waals surface area contributed by atoms with E-state index in [4.69, 9.17) is 9.47 Å². The molecule has 0 aromatic heterocycles. The fourth-order valence-corrected chi connectivity index (χ4v) is 4.60. The first-order chi connectivity index (χ1) is 20.6. The van der Waals surface area contributed by atoms with Gasteiger partial charge in [0.1, 0.15) is 18.1 Å². The van der Waals surface area contributed by atoms with E-state index in [1.54, 1.807) is 18.2 Å². The number of benzene rings is 3. The van der Waals surface area contributed by atoms with Gasteiger partial charge in [-0.15, -0.1) is 0 Å². The van der Waals surface area contributed by atoms with Crippen LogP contribution in [0.2, 0.25) is 0 Å². The van der Waals surface area contributed by atoms with Crippen LogP contribution in [0.1, 0.15) is 40.7 Å². The van der Waals surface area contributed by atoms with Crippen LogP contribution in [0.25, 0.3) is 5.57 Å². The van der Waals surface area contributed by atoms with Crippen molar-refractivity contribution in [3.05, 3.63) is 101 Å². The van der Waals surface area contributed by atoms with Crippen LogP contribution in [0.15, 0.2) is 72.8 Å². The molecule has 0 unspecified atom stereocenters. The zero-order valence-corrected chi connectivity index (χ0v) is 24.1. The molecule has 9 heteroatoms. The van der Waals surface area contributed by atoms with E-state index < -0.39 is 17.7 Å². The number of methoxy groups -OCH3 is 1. The van der Waals surface area contributed by atoms with Crippen molar-refractivity contribution < 1.29 is 37.3 Å². The molecule has 43 heavy (non-hydrogen) atoms. The number of aliphatic hydroxyl groups is 1. The number of halogens is 3. The van der Waals surface area contributed by atoms with Crippen molar-refractivity contribution in [1.82, 2.24) is 4.90 Å².